The molecule has 0 atom stereocenters. The van der Waals surface area contributed by atoms with Crippen LogP contribution in [0.4, 0.5) is 9.59 Å². The van der Waals surface area contributed by atoms with Crippen LogP contribution in [0.5, 0.6) is 5.75 Å². The summed E-state index contributed by atoms with van der Waals surface area (Å²) in [6.45, 7) is 19.4. The summed E-state index contributed by atoms with van der Waals surface area (Å²) >= 11 is 0. The Balaban J connectivity index is 1.99. The van der Waals surface area contributed by atoms with Crippen LogP contribution >= 0.6 is 0 Å². The first kappa shape index (κ1) is 34.5. The van der Waals surface area contributed by atoms with E-state index in [1.54, 1.807) is 48.7 Å². The maximum atomic E-state index is 12.7. The van der Waals surface area contributed by atoms with Crippen molar-refractivity contribution < 1.29 is 23.8 Å². The van der Waals surface area contributed by atoms with Crippen molar-refractivity contribution in [1.29, 1.82) is 0 Å². The molecule has 238 valence electrons. The minimum Gasteiger partial charge on any atom is -0.496 e. The van der Waals surface area contributed by atoms with Crippen LogP contribution in [0.3, 0.4) is 0 Å². The van der Waals surface area contributed by atoms with Crippen molar-refractivity contribution in [3.05, 3.63) is 77.4 Å². The molecule has 2 N–H and O–H groups in total. The van der Waals surface area contributed by atoms with E-state index in [-0.39, 0.29) is 5.41 Å². The van der Waals surface area contributed by atoms with Gasteiger partial charge in [-0.3, -0.25) is 0 Å². The van der Waals surface area contributed by atoms with Crippen molar-refractivity contribution in [2.75, 3.05) is 7.11 Å². The summed E-state index contributed by atoms with van der Waals surface area (Å²) in [6.07, 6.45) is -0.972. The van der Waals surface area contributed by atoms with E-state index in [9.17, 15) is 9.59 Å². The van der Waals surface area contributed by atoms with E-state index in [2.05, 4.69) is 86.0 Å². The molecule has 0 radical (unpaired) electrons. The fourth-order valence-corrected chi connectivity index (χ4v) is 4.75. The molecule has 44 heavy (non-hydrogen) atoms. The van der Waals surface area contributed by atoms with Crippen molar-refractivity contribution in [1.82, 2.24) is 10.6 Å². The zero-order chi connectivity index (χ0) is 32.9. The average molecular weight is 603 g/mol. The van der Waals surface area contributed by atoms with Crippen molar-refractivity contribution in [2.24, 2.45) is 0 Å². The first-order chi connectivity index (χ1) is 20.3. The molecular weight excluding hydrogens is 552 g/mol. The van der Waals surface area contributed by atoms with Gasteiger partial charge in [-0.25, -0.2) is 9.59 Å². The fraction of sp³-hybridized carbons (Fsp3) is 0.459. The number of hydrogen-bond donors (Lipinski definition) is 2. The largest absolute Gasteiger partial charge is 0.496 e. The standard InChI is InChI=1S/C37H50N2O5/c1-24-12-18-30(31(20-24)42-11)28-22-25(21-27(23-28)26-14-16-29(17-15-26)35(2,3)4)13-19-32(38-33(40)43-36(5,6)7)39-34(41)44-37(8,9)10/h12,14-18,20-23,32H,13,19H2,1-11H3,(H,38,40)(H,39,41). The summed E-state index contributed by atoms with van der Waals surface area (Å²) in [5.41, 5.74) is 6.29. The summed E-state index contributed by atoms with van der Waals surface area (Å²) in [6, 6.07) is 21.3. The minimum atomic E-state index is -0.716. The Hall–Kier alpha value is -4.00. The highest BCUT2D eigenvalue weighted by molar-refractivity contribution is 5.78. The highest BCUT2D eigenvalue weighted by Crippen LogP contribution is 2.35. The zero-order valence-corrected chi connectivity index (χ0v) is 28.3. The number of amides is 2. The van der Waals surface area contributed by atoms with E-state index >= 15 is 0 Å². The molecule has 3 rings (SSSR count). The topological polar surface area (TPSA) is 85.9 Å². The smallest absolute Gasteiger partial charge is 0.409 e. The van der Waals surface area contributed by atoms with Gasteiger partial charge >= 0.3 is 12.2 Å². The quantitative estimate of drug-likeness (QED) is 0.251. The van der Waals surface area contributed by atoms with Crippen LogP contribution in [0.1, 0.15) is 85.4 Å². The Kier molecular flexibility index (Phi) is 10.8. The molecule has 7 heteroatoms. The SMILES string of the molecule is COc1cc(C)ccc1-c1cc(CCC(NC(=O)OC(C)(C)C)NC(=O)OC(C)(C)C)cc(-c2ccc(C(C)(C)C)cc2)c1. The normalized spacial score (nSPS) is 12.1. The van der Waals surface area contributed by atoms with Gasteiger partial charge in [0, 0.05) is 5.56 Å². The highest BCUT2D eigenvalue weighted by atomic mass is 16.6. The van der Waals surface area contributed by atoms with Crippen molar-refractivity contribution in [3.63, 3.8) is 0 Å². The first-order valence-electron chi connectivity index (χ1n) is 15.2. The number of hydrogen-bond acceptors (Lipinski definition) is 5. The molecule has 3 aromatic carbocycles. The predicted molar refractivity (Wildman–Crippen MR) is 178 cm³/mol. The van der Waals surface area contributed by atoms with E-state index in [0.717, 1.165) is 39.1 Å². The molecule has 0 bridgehead atoms. The third-order valence-electron chi connectivity index (χ3n) is 6.85. The summed E-state index contributed by atoms with van der Waals surface area (Å²) in [5, 5.41) is 5.61. The lowest BCUT2D eigenvalue weighted by molar-refractivity contribution is 0.0421. The summed E-state index contributed by atoms with van der Waals surface area (Å²) in [7, 11) is 1.68. The first-order valence-corrected chi connectivity index (χ1v) is 15.2. The number of aryl methyl sites for hydroxylation is 2. The number of carbonyl (C=O) groups is 2. The Morgan fingerprint density at radius 1 is 0.705 bits per heavy atom. The highest BCUT2D eigenvalue weighted by Gasteiger charge is 2.24. The van der Waals surface area contributed by atoms with Gasteiger partial charge in [-0.05, 0) is 112 Å². The Bertz CT molecular complexity index is 1410. The lowest BCUT2D eigenvalue weighted by Gasteiger charge is -2.26. The molecule has 0 aliphatic carbocycles. The fourth-order valence-electron chi connectivity index (χ4n) is 4.75. The molecule has 0 aromatic heterocycles. The van der Waals surface area contributed by atoms with Crippen LogP contribution in [-0.4, -0.2) is 36.7 Å². The van der Waals surface area contributed by atoms with Crippen LogP contribution in [0.15, 0.2) is 60.7 Å². The van der Waals surface area contributed by atoms with E-state index in [0.29, 0.717) is 12.8 Å². The Morgan fingerprint density at radius 3 is 1.75 bits per heavy atom. The van der Waals surface area contributed by atoms with Gasteiger partial charge in [0.25, 0.3) is 0 Å². The van der Waals surface area contributed by atoms with E-state index in [4.69, 9.17) is 14.2 Å². The third-order valence-corrected chi connectivity index (χ3v) is 6.85. The molecule has 0 spiro atoms. The number of benzene rings is 3. The van der Waals surface area contributed by atoms with Gasteiger partial charge in [0.15, 0.2) is 0 Å². The third kappa shape index (κ3) is 10.6. The molecule has 0 aliphatic heterocycles. The van der Waals surface area contributed by atoms with Crippen LogP contribution in [0, 0.1) is 6.92 Å². The van der Waals surface area contributed by atoms with Gasteiger partial charge in [0.05, 0.1) is 7.11 Å². The van der Waals surface area contributed by atoms with Gasteiger partial charge < -0.3 is 24.8 Å². The number of methoxy groups -OCH3 is 1. The molecular formula is C37H50N2O5. The van der Waals surface area contributed by atoms with Gasteiger partial charge in [0.2, 0.25) is 0 Å². The maximum absolute atomic E-state index is 12.7. The molecule has 0 fully saturated rings. The Morgan fingerprint density at radius 2 is 1.25 bits per heavy atom. The Labute approximate surface area is 263 Å². The van der Waals surface area contributed by atoms with Crippen LogP contribution in [0.2, 0.25) is 0 Å². The van der Waals surface area contributed by atoms with Gasteiger partial charge in [-0.15, -0.1) is 0 Å². The van der Waals surface area contributed by atoms with Crippen molar-refractivity contribution in [3.8, 4) is 28.0 Å². The second-order valence-corrected chi connectivity index (χ2v) is 14.3. The second-order valence-electron chi connectivity index (χ2n) is 14.3. The van der Waals surface area contributed by atoms with Crippen LogP contribution in [0.25, 0.3) is 22.3 Å². The minimum absolute atomic E-state index is 0.0537. The number of nitrogens with one attached hydrogen (secondary N) is 2. The number of alkyl carbamates (subject to hydrolysis) is 2. The van der Waals surface area contributed by atoms with Crippen molar-refractivity contribution in [2.45, 2.75) is 105 Å². The second kappa shape index (κ2) is 13.7. The summed E-state index contributed by atoms with van der Waals surface area (Å²) in [4.78, 5) is 25.4. The van der Waals surface area contributed by atoms with Gasteiger partial charge in [-0.1, -0.05) is 69.3 Å². The molecule has 0 heterocycles. The maximum Gasteiger partial charge on any atom is 0.409 e. The van der Waals surface area contributed by atoms with Gasteiger partial charge in [0.1, 0.15) is 23.1 Å². The molecule has 0 unspecified atom stereocenters. The lowest BCUT2D eigenvalue weighted by Crippen LogP contribution is -2.50. The number of carbonyl (C=O) groups excluding carboxylic acids is 2. The lowest BCUT2D eigenvalue weighted by atomic mass is 9.86. The van der Waals surface area contributed by atoms with Crippen LogP contribution < -0.4 is 15.4 Å². The molecule has 0 saturated carbocycles. The summed E-state index contributed by atoms with van der Waals surface area (Å²) in [5.74, 6) is 0.798. The van der Waals surface area contributed by atoms with E-state index < -0.39 is 29.6 Å². The molecule has 3 aromatic rings. The molecule has 0 aliphatic rings. The molecule has 2 amide bonds. The number of ether oxygens (including phenoxy) is 3. The van der Waals surface area contributed by atoms with Crippen LogP contribution in [-0.2, 0) is 21.3 Å². The molecule has 0 saturated heterocycles. The van der Waals surface area contributed by atoms with E-state index in [1.807, 2.05) is 13.0 Å². The average Bonchev–Trinajstić information content (AvgIpc) is 2.89. The van der Waals surface area contributed by atoms with Gasteiger partial charge in [-0.2, -0.15) is 0 Å². The van der Waals surface area contributed by atoms with E-state index in [1.165, 1.54) is 5.56 Å². The zero-order valence-electron chi connectivity index (χ0n) is 28.3. The molecule has 7 nitrogen and oxygen atoms in total. The summed E-state index contributed by atoms with van der Waals surface area (Å²) < 4.78 is 16.7. The number of rotatable bonds is 8. The van der Waals surface area contributed by atoms with Crippen molar-refractivity contribution >= 4 is 12.2 Å². The monoisotopic (exact) mass is 602 g/mol. The predicted octanol–water partition coefficient (Wildman–Crippen LogP) is 8.94.